The summed E-state index contributed by atoms with van der Waals surface area (Å²) in [5, 5.41) is 3.59. The summed E-state index contributed by atoms with van der Waals surface area (Å²) in [7, 11) is 0. The number of aromatic nitrogens is 2. The van der Waals surface area contributed by atoms with Gasteiger partial charge < -0.3 is 10.3 Å². The van der Waals surface area contributed by atoms with Crippen LogP contribution in [0.5, 0.6) is 0 Å². The van der Waals surface area contributed by atoms with Crippen molar-refractivity contribution in [3.8, 4) is 0 Å². The summed E-state index contributed by atoms with van der Waals surface area (Å²) in [4.78, 5) is 31.3. The van der Waals surface area contributed by atoms with Gasteiger partial charge in [-0.1, -0.05) is 12.1 Å². The molecule has 2 unspecified atom stereocenters. The standard InChI is InChI=1S/C18H25N5O2/c1-11-14(12(2)23-22-11)10-19-17(24)9-5-8-16-20-15-7-4-3-6-13(15)18(25)21-16/h3-4,6-7,11-12,14,22-23H,5,8-10H2,1-2H3,(H,19,24)(H,20,21,25). The van der Waals surface area contributed by atoms with Crippen molar-refractivity contribution in [3.63, 3.8) is 0 Å². The Labute approximate surface area is 146 Å². The van der Waals surface area contributed by atoms with Crippen LogP contribution in [0.1, 0.15) is 32.5 Å². The number of H-pyrrole nitrogens is 1. The quantitative estimate of drug-likeness (QED) is 0.624. The smallest absolute Gasteiger partial charge is 0.258 e. The first-order valence-corrected chi connectivity index (χ1v) is 8.80. The van der Waals surface area contributed by atoms with Gasteiger partial charge in [-0.05, 0) is 32.4 Å². The molecule has 0 spiro atoms. The minimum atomic E-state index is -0.130. The molecular formula is C18H25N5O2. The second-order valence-corrected chi connectivity index (χ2v) is 6.72. The maximum absolute atomic E-state index is 12.0. The molecule has 0 aliphatic carbocycles. The number of fused-ring (bicyclic) bond motifs is 1. The third-order valence-electron chi connectivity index (χ3n) is 4.84. The van der Waals surface area contributed by atoms with E-state index in [9.17, 15) is 9.59 Å². The number of hydrogen-bond acceptors (Lipinski definition) is 5. The lowest BCUT2D eigenvalue weighted by molar-refractivity contribution is -0.121. The summed E-state index contributed by atoms with van der Waals surface area (Å²) in [5.41, 5.74) is 6.93. The van der Waals surface area contributed by atoms with E-state index in [0.29, 0.717) is 60.5 Å². The van der Waals surface area contributed by atoms with Gasteiger partial charge in [-0.2, -0.15) is 0 Å². The molecule has 0 radical (unpaired) electrons. The summed E-state index contributed by atoms with van der Waals surface area (Å²) < 4.78 is 0. The van der Waals surface area contributed by atoms with Crippen LogP contribution in [0.15, 0.2) is 29.1 Å². The van der Waals surface area contributed by atoms with Crippen molar-refractivity contribution in [1.82, 2.24) is 26.1 Å². The van der Waals surface area contributed by atoms with E-state index < -0.39 is 0 Å². The average Bonchev–Trinajstić information content (AvgIpc) is 2.91. The minimum absolute atomic E-state index is 0.0365. The van der Waals surface area contributed by atoms with Gasteiger partial charge in [0.1, 0.15) is 5.82 Å². The fraction of sp³-hybridized carbons (Fsp3) is 0.500. The van der Waals surface area contributed by atoms with Crippen molar-refractivity contribution in [1.29, 1.82) is 0 Å². The Morgan fingerprint density at radius 1 is 1.20 bits per heavy atom. The number of rotatable bonds is 6. The Hall–Kier alpha value is -2.25. The number of benzene rings is 1. The highest BCUT2D eigenvalue weighted by Gasteiger charge is 2.29. The van der Waals surface area contributed by atoms with Crippen LogP contribution in [0.2, 0.25) is 0 Å². The van der Waals surface area contributed by atoms with Crippen molar-refractivity contribution in [2.45, 2.75) is 45.2 Å². The number of carbonyl (C=O) groups excluding carboxylic acids is 1. The SMILES string of the molecule is CC1NNC(C)C1CNC(=O)CCCc1nc2ccccc2c(=O)[nH]1. The van der Waals surface area contributed by atoms with Crippen molar-refractivity contribution >= 4 is 16.8 Å². The third-order valence-corrected chi connectivity index (χ3v) is 4.84. The molecule has 2 atom stereocenters. The van der Waals surface area contributed by atoms with E-state index >= 15 is 0 Å². The molecule has 1 fully saturated rings. The molecule has 1 saturated heterocycles. The first kappa shape index (κ1) is 17.6. The van der Waals surface area contributed by atoms with Crippen LogP contribution < -0.4 is 21.7 Å². The molecule has 1 aliphatic rings. The van der Waals surface area contributed by atoms with Crippen molar-refractivity contribution < 1.29 is 4.79 Å². The lowest BCUT2D eigenvalue weighted by Crippen LogP contribution is -2.37. The minimum Gasteiger partial charge on any atom is -0.356 e. The second kappa shape index (κ2) is 7.76. The molecule has 134 valence electrons. The summed E-state index contributed by atoms with van der Waals surface area (Å²) in [6, 6.07) is 7.94. The fourth-order valence-corrected chi connectivity index (χ4v) is 3.25. The molecule has 7 nitrogen and oxygen atoms in total. The predicted octanol–water partition coefficient (Wildman–Crippen LogP) is 0.863. The van der Waals surface area contributed by atoms with Crippen molar-refractivity contribution in [3.05, 3.63) is 40.4 Å². The predicted molar refractivity (Wildman–Crippen MR) is 97.0 cm³/mol. The van der Waals surface area contributed by atoms with Crippen LogP contribution in [0.4, 0.5) is 0 Å². The molecule has 2 heterocycles. The second-order valence-electron chi connectivity index (χ2n) is 6.72. The molecular weight excluding hydrogens is 318 g/mol. The van der Waals surface area contributed by atoms with Crippen LogP contribution in [0.25, 0.3) is 10.9 Å². The van der Waals surface area contributed by atoms with Gasteiger partial charge in [0.05, 0.1) is 10.9 Å². The number of amides is 1. The van der Waals surface area contributed by atoms with Gasteiger partial charge in [0.15, 0.2) is 0 Å². The first-order valence-electron chi connectivity index (χ1n) is 8.80. The highest BCUT2D eigenvalue weighted by atomic mass is 16.1. The van der Waals surface area contributed by atoms with E-state index in [2.05, 4.69) is 40.0 Å². The van der Waals surface area contributed by atoms with Crippen LogP contribution in [-0.4, -0.2) is 34.5 Å². The number of aryl methyl sites for hydroxylation is 1. The highest BCUT2D eigenvalue weighted by Crippen LogP contribution is 2.13. The fourth-order valence-electron chi connectivity index (χ4n) is 3.25. The first-order chi connectivity index (χ1) is 12.0. The maximum atomic E-state index is 12.0. The summed E-state index contributed by atoms with van der Waals surface area (Å²) in [5.74, 6) is 1.04. The van der Waals surface area contributed by atoms with Gasteiger partial charge >= 0.3 is 0 Å². The Morgan fingerprint density at radius 2 is 1.92 bits per heavy atom. The van der Waals surface area contributed by atoms with Gasteiger partial charge in [-0.3, -0.25) is 20.4 Å². The van der Waals surface area contributed by atoms with E-state index in [1.54, 1.807) is 6.07 Å². The zero-order valence-electron chi connectivity index (χ0n) is 14.6. The van der Waals surface area contributed by atoms with Crippen LogP contribution in [0.3, 0.4) is 0 Å². The topological polar surface area (TPSA) is 98.9 Å². The van der Waals surface area contributed by atoms with E-state index in [1.165, 1.54) is 0 Å². The van der Waals surface area contributed by atoms with Gasteiger partial charge in [0.25, 0.3) is 5.56 Å². The summed E-state index contributed by atoms with van der Waals surface area (Å²) >= 11 is 0. The lowest BCUT2D eigenvalue weighted by atomic mass is 9.97. The molecule has 1 aromatic carbocycles. The number of nitrogens with one attached hydrogen (secondary N) is 4. The molecule has 2 aromatic rings. The number of nitrogens with zero attached hydrogens (tertiary/aromatic N) is 1. The van der Waals surface area contributed by atoms with Gasteiger partial charge in [-0.25, -0.2) is 4.98 Å². The number of hydrogen-bond donors (Lipinski definition) is 4. The van der Waals surface area contributed by atoms with E-state index in [-0.39, 0.29) is 11.5 Å². The number of para-hydroxylation sites is 1. The monoisotopic (exact) mass is 343 g/mol. The van der Waals surface area contributed by atoms with Crippen molar-refractivity contribution in [2.24, 2.45) is 5.92 Å². The number of carbonyl (C=O) groups is 1. The average molecular weight is 343 g/mol. The van der Waals surface area contributed by atoms with Crippen LogP contribution >= 0.6 is 0 Å². The largest absolute Gasteiger partial charge is 0.356 e. The Bertz CT molecular complexity index is 793. The zero-order valence-corrected chi connectivity index (χ0v) is 14.6. The highest BCUT2D eigenvalue weighted by molar-refractivity contribution is 5.77. The van der Waals surface area contributed by atoms with Crippen LogP contribution in [0, 0.1) is 5.92 Å². The van der Waals surface area contributed by atoms with E-state index in [0.717, 1.165) is 0 Å². The zero-order chi connectivity index (χ0) is 17.8. The Balaban J connectivity index is 1.48. The summed E-state index contributed by atoms with van der Waals surface area (Å²) in [6.07, 6.45) is 1.65. The van der Waals surface area contributed by atoms with Gasteiger partial charge in [0.2, 0.25) is 5.91 Å². The molecule has 1 amide bonds. The number of aromatic amines is 1. The normalized spacial score (nSPS) is 23.0. The molecule has 1 aliphatic heterocycles. The Morgan fingerprint density at radius 3 is 2.68 bits per heavy atom. The van der Waals surface area contributed by atoms with Gasteiger partial charge in [0, 0.05) is 37.4 Å². The molecule has 3 rings (SSSR count). The molecule has 0 saturated carbocycles. The lowest BCUT2D eigenvalue weighted by Gasteiger charge is -2.18. The van der Waals surface area contributed by atoms with Gasteiger partial charge in [-0.15, -0.1) is 0 Å². The molecule has 7 heteroatoms. The molecule has 0 bridgehead atoms. The molecule has 25 heavy (non-hydrogen) atoms. The summed E-state index contributed by atoms with van der Waals surface area (Å²) in [6.45, 7) is 4.87. The van der Waals surface area contributed by atoms with E-state index in [4.69, 9.17) is 0 Å². The molecule has 1 aromatic heterocycles. The van der Waals surface area contributed by atoms with E-state index in [1.807, 2.05) is 18.2 Å². The number of hydrazine groups is 1. The van der Waals surface area contributed by atoms with Crippen LogP contribution in [-0.2, 0) is 11.2 Å². The Kier molecular flexibility index (Phi) is 5.45. The third kappa shape index (κ3) is 4.24. The van der Waals surface area contributed by atoms with Crippen molar-refractivity contribution in [2.75, 3.05) is 6.54 Å². The maximum Gasteiger partial charge on any atom is 0.258 e. The molecule has 4 N–H and O–H groups in total.